The predicted octanol–water partition coefficient (Wildman–Crippen LogP) is 1.48. The zero-order valence-corrected chi connectivity index (χ0v) is 14.3. The van der Waals surface area contributed by atoms with Crippen molar-refractivity contribution < 1.29 is 14.3 Å². The number of rotatable bonds is 5. The second-order valence-electron chi connectivity index (χ2n) is 5.47. The first kappa shape index (κ1) is 17.7. The van der Waals surface area contributed by atoms with Gasteiger partial charge in [0.25, 0.3) is 11.8 Å². The lowest BCUT2D eigenvalue weighted by molar-refractivity contribution is 0.102. The van der Waals surface area contributed by atoms with E-state index in [1.807, 2.05) is 0 Å². The van der Waals surface area contributed by atoms with Gasteiger partial charge >= 0.3 is 0 Å². The molecular weight excluding hydrogens is 350 g/mol. The minimum Gasteiger partial charge on any atom is -0.481 e. The molecule has 0 saturated heterocycles. The lowest BCUT2D eigenvalue weighted by Crippen LogP contribution is -2.19. The third kappa shape index (κ3) is 3.79. The smallest absolute Gasteiger partial charge is 0.275 e. The molecule has 7 N–H and O–H groups in total. The monoisotopic (exact) mass is 367 g/mol. The fraction of sp³-hybridized carbons (Fsp3) is 0.0588. The Labute approximate surface area is 153 Å². The minimum absolute atomic E-state index is 0.0623. The summed E-state index contributed by atoms with van der Waals surface area (Å²) in [7, 11) is 1.49. The molecule has 0 radical (unpaired) electrons. The highest BCUT2D eigenvalue weighted by atomic mass is 16.5. The van der Waals surface area contributed by atoms with E-state index in [0.29, 0.717) is 11.6 Å². The summed E-state index contributed by atoms with van der Waals surface area (Å²) in [6, 6.07) is 7.99. The van der Waals surface area contributed by atoms with Crippen molar-refractivity contribution in [2.24, 2.45) is 0 Å². The molecule has 10 heteroatoms. The first-order valence-corrected chi connectivity index (χ1v) is 7.79. The van der Waals surface area contributed by atoms with Crippen molar-refractivity contribution in [3.8, 4) is 5.88 Å². The van der Waals surface area contributed by atoms with E-state index in [1.54, 1.807) is 30.3 Å². The first-order chi connectivity index (χ1) is 13.0. The van der Waals surface area contributed by atoms with Crippen LogP contribution >= 0.6 is 0 Å². The molecule has 0 aliphatic heterocycles. The summed E-state index contributed by atoms with van der Waals surface area (Å²) >= 11 is 0. The number of nitrogens with one attached hydrogen (secondary N) is 3. The number of amides is 2. The average molecular weight is 367 g/mol. The van der Waals surface area contributed by atoms with Crippen LogP contribution in [-0.2, 0) is 0 Å². The van der Waals surface area contributed by atoms with E-state index in [9.17, 15) is 9.59 Å². The van der Waals surface area contributed by atoms with Crippen molar-refractivity contribution in [2.75, 3.05) is 29.2 Å². The van der Waals surface area contributed by atoms with E-state index in [1.165, 1.54) is 19.5 Å². The molecule has 2 heterocycles. The highest BCUT2D eigenvalue weighted by Crippen LogP contribution is 2.22. The number of aromatic amines is 1. The molecular formula is C17H17N7O3. The SMILES string of the molecule is COc1ccc(NC(=O)c2[nH]ncc2NC(=O)c2c(N)cccc2N)cn1. The molecule has 3 aromatic rings. The zero-order valence-electron chi connectivity index (χ0n) is 14.3. The van der Waals surface area contributed by atoms with Crippen LogP contribution in [0, 0.1) is 0 Å². The fourth-order valence-corrected chi connectivity index (χ4v) is 2.36. The van der Waals surface area contributed by atoms with Crippen LogP contribution in [0.15, 0.2) is 42.7 Å². The molecule has 2 aromatic heterocycles. The zero-order chi connectivity index (χ0) is 19.4. The van der Waals surface area contributed by atoms with Gasteiger partial charge < -0.3 is 26.8 Å². The molecule has 0 bridgehead atoms. The van der Waals surface area contributed by atoms with E-state index in [-0.39, 0.29) is 28.3 Å². The number of carbonyl (C=O) groups is 2. The molecule has 2 amide bonds. The number of hydrogen-bond acceptors (Lipinski definition) is 7. The summed E-state index contributed by atoms with van der Waals surface area (Å²) in [6.45, 7) is 0. The van der Waals surface area contributed by atoms with Crippen LogP contribution in [-0.4, -0.2) is 34.1 Å². The maximum Gasteiger partial charge on any atom is 0.275 e. The molecule has 0 aliphatic carbocycles. The number of nitrogens with zero attached hydrogens (tertiary/aromatic N) is 2. The normalized spacial score (nSPS) is 10.3. The number of anilines is 4. The number of nitrogens with two attached hydrogens (primary N) is 2. The quantitative estimate of drug-likeness (QED) is 0.427. The predicted molar refractivity (Wildman–Crippen MR) is 101 cm³/mol. The Bertz CT molecular complexity index is 962. The van der Waals surface area contributed by atoms with E-state index in [0.717, 1.165) is 0 Å². The molecule has 10 nitrogen and oxygen atoms in total. The summed E-state index contributed by atoms with van der Waals surface area (Å²) in [5, 5.41) is 11.6. The maximum absolute atomic E-state index is 12.5. The number of aromatic nitrogens is 3. The summed E-state index contributed by atoms with van der Waals surface area (Å²) in [4.78, 5) is 29.0. The van der Waals surface area contributed by atoms with Gasteiger partial charge in [-0.05, 0) is 18.2 Å². The van der Waals surface area contributed by atoms with Crippen molar-refractivity contribution in [3.05, 3.63) is 54.0 Å². The molecule has 0 atom stereocenters. The molecule has 3 rings (SSSR count). The Morgan fingerprint density at radius 1 is 1.04 bits per heavy atom. The summed E-state index contributed by atoms with van der Waals surface area (Å²) in [5.74, 6) is -0.642. The van der Waals surface area contributed by atoms with Gasteiger partial charge in [0.05, 0.1) is 36.4 Å². The lowest BCUT2D eigenvalue weighted by Gasteiger charge is -2.10. The Morgan fingerprint density at radius 3 is 2.41 bits per heavy atom. The van der Waals surface area contributed by atoms with E-state index >= 15 is 0 Å². The topological polar surface area (TPSA) is 161 Å². The van der Waals surface area contributed by atoms with Crippen molar-refractivity contribution in [1.29, 1.82) is 0 Å². The largest absolute Gasteiger partial charge is 0.481 e. The highest BCUT2D eigenvalue weighted by molar-refractivity contribution is 6.14. The van der Waals surface area contributed by atoms with Gasteiger partial charge in [0.15, 0.2) is 0 Å². The van der Waals surface area contributed by atoms with Crippen molar-refractivity contribution >= 4 is 34.6 Å². The summed E-state index contributed by atoms with van der Waals surface area (Å²) in [6.07, 6.45) is 2.76. The summed E-state index contributed by atoms with van der Waals surface area (Å²) in [5.41, 5.74) is 12.9. The van der Waals surface area contributed by atoms with Crippen LogP contribution in [0.4, 0.5) is 22.7 Å². The molecule has 138 valence electrons. The van der Waals surface area contributed by atoms with Gasteiger partial charge in [-0.25, -0.2) is 4.98 Å². The molecule has 0 aliphatic rings. The Hall–Kier alpha value is -4.08. The van der Waals surface area contributed by atoms with Gasteiger partial charge in [-0.3, -0.25) is 14.7 Å². The number of pyridine rings is 1. The lowest BCUT2D eigenvalue weighted by atomic mass is 10.1. The van der Waals surface area contributed by atoms with Crippen LogP contribution in [0.3, 0.4) is 0 Å². The van der Waals surface area contributed by atoms with Crippen molar-refractivity contribution in [3.63, 3.8) is 0 Å². The number of carbonyl (C=O) groups excluding carboxylic acids is 2. The van der Waals surface area contributed by atoms with Gasteiger partial charge in [0.2, 0.25) is 5.88 Å². The highest BCUT2D eigenvalue weighted by Gasteiger charge is 2.19. The number of nitrogen functional groups attached to an aromatic ring is 2. The summed E-state index contributed by atoms with van der Waals surface area (Å²) < 4.78 is 4.96. The Kier molecular flexibility index (Phi) is 4.88. The average Bonchev–Trinajstić information content (AvgIpc) is 3.10. The molecule has 1 aromatic carbocycles. The molecule has 27 heavy (non-hydrogen) atoms. The fourth-order valence-electron chi connectivity index (χ4n) is 2.36. The minimum atomic E-state index is -0.549. The number of ether oxygens (including phenoxy) is 1. The van der Waals surface area contributed by atoms with Gasteiger partial charge in [-0.1, -0.05) is 6.07 Å². The van der Waals surface area contributed by atoms with Crippen LogP contribution in [0.1, 0.15) is 20.8 Å². The van der Waals surface area contributed by atoms with Crippen LogP contribution < -0.4 is 26.8 Å². The van der Waals surface area contributed by atoms with Gasteiger partial charge in [-0.15, -0.1) is 0 Å². The van der Waals surface area contributed by atoms with E-state index in [2.05, 4.69) is 25.8 Å². The van der Waals surface area contributed by atoms with Gasteiger partial charge in [0.1, 0.15) is 5.69 Å². The van der Waals surface area contributed by atoms with Gasteiger partial charge in [-0.2, -0.15) is 5.10 Å². The molecule has 0 fully saturated rings. The van der Waals surface area contributed by atoms with Crippen LogP contribution in [0.5, 0.6) is 5.88 Å². The first-order valence-electron chi connectivity index (χ1n) is 7.79. The maximum atomic E-state index is 12.5. The Balaban J connectivity index is 1.77. The third-order valence-electron chi connectivity index (χ3n) is 3.67. The second-order valence-corrected chi connectivity index (χ2v) is 5.47. The number of hydrogen-bond donors (Lipinski definition) is 5. The van der Waals surface area contributed by atoms with Crippen molar-refractivity contribution in [2.45, 2.75) is 0 Å². The van der Waals surface area contributed by atoms with Crippen molar-refractivity contribution in [1.82, 2.24) is 15.2 Å². The number of H-pyrrole nitrogens is 1. The van der Waals surface area contributed by atoms with E-state index < -0.39 is 11.8 Å². The Morgan fingerprint density at radius 2 is 1.78 bits per heavy atom. The molecule has 0 spiro atoms. The van der Waals surface area contributed by atoms with Crippen LogP contribution in [0.25, 0.3) is 0 Å². The third-order valence-corrected chi connectivity index (χ3v) is 3.67. The number of methoxy groups -OCH3 is 1. The standard InChI is InChI=1S/C17H17N7O3/c1-27-13-6-5-9(7-20-13)22-17(26)15-12(8-21-24-15)23-16(25)14-10(18)3-2-4-11(14)19/h2-8H,18-19H2,1H3,(H,21,24)(H,22,26)(H,23,25). The number of benzene rings is 1. The molecule has 0 unspecified atom stereocenters. The second kappa shape index (κ2) is 7.44. The van der Waals surface area contributed by atoms with Crippen LogP contribution in [0.2, 0.25) is 0 Å². The molecule has 0 saturated carbocycles. The van der Waals surface area contributed by atoms with E-state index in [4.69, 9.17) is 16.2 Å². The van der Waals surface area contributed by atoms with Gasteiger partial charge in [0, 0.05) is 17.4 Å².